The van der Waals surface area contributed by atoms with Crippen molar-refractivity contribution in [3.63, 3.8) is 0 Å². The summed E-state index contributed by atoms with van der Waals surface area (Å²) >= 11 is 0. The van der Waals surface area contributed by atoms with E-state index in [2.05, 4.69) is 20.9 Å². The average Bonchev–Trinajstić information content (AvgIpc) is 2.50. The zero-order valence-electron chi connectivity index (χ0n) is 14.3. The molecular weight excluding hydrogens is 304 g/mol. The molecule has 2 rings (SSSR count). The lowest BCUT2D eigenvalue weighted by Crippen LogP contribution is -2.27. The average molecular weight is 326 g/mol. The molecule has 0 spiro atoms. The van der Waals surface area contributed by atoms with Gasteiger partial charge in [0.25, 0.3) is 0 Å². The van der Waals surface area contributed by atoms with Crippen molar-refractivity contribution in [1.29, 1.82) is 0 Å². The molecule has 0 radical (unpaired) electrons. The predicted octanol–water partition coefficient (Wildman–Crippen LogP) is 3.77. The third-order valence-electron chi connectivity index (χ3n) is 3.18. The van der Waals surface area contributed by atoms with Crippen molar-refractivity contribution in [2.24, 2.45) is 5.41 Å². The van der Waals surface area contributed by atoms with Gasteiger partial charge < -0.3 is 16.0 Å². The summed E-state index contributed by atoms with van der Waals surface area (Å²) in [6, 6.07) is 10.9. The number of anilines is 4. The van der Waals surface area contributed by atoms with E-state index in [0.29, 0.717) is 5.82 Å². The Balaban J connectivity index is 1.98. The molecule has 126 valence electrons. The van der Waals surface area contributed by atoms with Crippen molar-refractivity contribution in [3.05, 3.63) is 42.6 Å². The van der Waals surface area contributed by atoms with E-state index < -0.39 is 5.41 Å². The molecule has 0 aliphatic carbocycles. The van der Waals surface area contributed by atoms with Gasteiger partial charge in [0.2, 0.25) is 11.8 Å². The fourth-order valence-corrected chi connectivity index (χ4v) is 1.85. The first-order chi connectivity index (χ1) is 11.2. The fraction of sp³-hybridized carbons (Fsp3) is 0.278. The smallest absolute Gasteiger partial charge is 0.230 e. The van der Waals surface area contributed by atoms with Gasteiger partial charge in [0.1, 0.15) is 5.82 Å². The topological polar surface area (TPSA) is 83.1 Å². The largest absolute Gasteiger partial charge is 0.354 e. The van der Waals surface area contributed by atoms with Crippen LogP contribution >= 0.6 is 0 Å². The van der Waals surface area contributed by atoms with Crippen molar-refractivity contribution in [1.82, 2.24) is 4.98 Å². The van der Waals surface area contributed by atoms with Crippen LogP contribution in [0.4, 0.5) is 22.9 Å². The number of nitrogens with zero attached hydrogens (tertiary/aromatic N) is 1. The number of aromatic nitrogens is 1. The van der Waals surface area contributed by atoms with Gasteiger partial charge in [-0.15, -0.1) is 0 Å². The second-order valence-corrected chi connectivity index (χ2v) is 6.52. The summed E-state index contributed by atoms with van der Waals surface area (Å²) in [5.74, 6) is 0.332. The number of rotatable bonds is 4. The van der Waals surface area contributed by atoms with E-state index in [1.807, 2.05) is 51.1 Å². The van der Waals surface area contributed by atoms with Gasteiger partial charge in [-0.3, -0.25) is 9.59 Å². The molecule has 1 aromatic carbocycles. The van der Waals surface area contributed by atoms with Crippen LogP contribution in [-0.2, 0) is 9.59 Å². The van der Waals surface area contributed by atoms with Crippen molar-refractivity contribution in [3.8, 4) is 0 Å². The van der Waals surface area contributed by atoms with E-state index in [1.54, 1.807) is 12.3 Å². The molecule has 2 amide bonds. The molecule has 3 N–H and O–H groups in total. The maximum absolute atomic E-state index is 11.9. The molecule has 2 aromatic rings. The maximum atomic E-state index is 11.9. The van der Waals surface area contributed by atoms with Crippen molar-refractivity contribution in [2.75, 3.05) is 16.0 Å². The molecule has 0 aliphatic rings. The Kier molecular flexibility index (Phi) is 5.18. The van der Waals surface area contributed by atoms with E-state index in [9.17, 15) is 9.59 Å². The van der Waals surface area contributed by atoms with Crippen molar-refractivity contribution in [2.45, 2.75) is 27.7 Å². The number of hydrogen-bond donors (Lipinski definition) is 3. The highest BCUT2D eigenvalue weighted by atomic mass is 16.2. The lowest BCUT2D eigenvalue weighted by molar-refractivity contribution is -0.123. The molecule has 0 saturated carbocycles. The summed E-state index contributed by atoms with van der Waals surface area (Å²) in [5.41, 5.74) is 1.95. The molecule has 1 aromatic heterocycles. The van der Waals surface area contributed by atoms with Crippen LogP contribution in [0, 0.1) is 5.41 Å². The SMILES string of the molecule is CC(=O)Nc1ccc(Nc2ccc(NC(=O)C(C)(C)C)nc2)cc1. The molecule has 0 fully saturated rings. The monoisotopic (exact) mass is 326 g/mol. The van der Waals surface area contributed by atoms with E-state index >= 15 is 0 Å². The van der Waals surface area contributed by atoms with Gasteiger partial charge in [-0.25, -0.2) is 4.98 Å². The molecule has 0 aliphatic heterocycles. The molecule has 0 atom stereocenters. The number of amides is 2. The van der Waals surface area contributed by atoms with Gasteiger partial charge in [-0.05, 0) is 36.4 Å². The Morgan fingerprint density at radius 3 is 1.96 bits per heavy atom. The third kappa shape index (κ3) is 5.08. The molecular formula is C18H22N4O2. The van der Waals surface area contributed by atoms with E-state index in [1.165, 1.54) is 6.92 Å². The first-order valence-electron chi connectivity index (χ1n) is 7.66. The predicted molar refractivity (Wildman–Crippen MR) is 96.4 cm³/mol. The van der Waals surface area contributed by atoms with Crippen LogP contribution in [0.2, 0.25) is 0 Å². The summed E-state index contributed by atoms with van der Waals surface area (Å²) in [7, 11) is 0. The summed E-state index contributed by atoms with van der Waals surface area (Å²) < 4.78 is 0. The molecule has 0 unspecified atom stereocenters. The second kappa shape index (κ2) is 7.12. The first-order valence-corrected chi connectivity index (χ1v) is 7.66. The minimum Gasteiger partial charge on any atom is -0.354 e. The number of carbonyl (C=O) groups excluding carboxylic acids is 2. The van der Waals surface area contributed by atoms with Crippen LogP contribution in [0.25, 0.3) is 0 Å². The van der Waals surface area contributed by atoms with Gasteiger partial charge in [-0.2, -0.15) is 0 Å². The zero-order chi connectivity index (χ0) is 17.7. The van der Waals surface area contributed by atoms with Crippen LogP contribution in [0.15, 0.2) is 42.6 Å². The maximum Gasteiger partial charge on any atom is 0.230 e. The van der Waals surface area contributed by atoms with Crippen molar-refractivity contribution >= 4 is 34.7 Å². The summed E-state index contributed by atoms with van der Waals surface area (Å²) in [6.07, 6.45) is 1.65. The number of benzene rings is 1. The molecule has 1 heterocycles. The summed E-state index contributed by atoms with van der Waals surface area (Å²) in [6.45, 7) is 7.02. The van der Waals surface area contributed by atoms with Crippen LogP contribution in [0.5, 0.6) is 0 Å². The lowest BCUT2D eigenvalue weighted by atomic mass is 9.96. The van der Waals surface area contributed by atoms with Gasteiger partial charge in [0.15, 0.2) is 0 Å². The number of nitrogens with one attached hydrogen (secondary N) is 3. The Bertz CT molecular complexity index is 716. The standard InChI is InChI=1S/C18H22N4O2/c1-12(23)20-13-5-7-14(8-6-13)21-15-9-10-16(19-11-15)22-17(24)18(2,3)4/h5-11,21H,1-4H3,(H,20,23)(H,19,22,24). The summed E-state index contributed by atoms with van der Waals surface area (Å²) in [5, 5.41) is 8.70. The van der Waals surface area contributed by atoms with E-state index in [0.717, 1.165) is 17.1 Å². The number of pyridine rings is 1. The number of carbonyl (C=O) groups is 2. The fourth-order valence-electron chi connectivity index (χ4n) is 1.85. The zero-order valence-corrected chi connectivity index (χ0v) is 14.3. The minimum atomic E-state index is -0.464. The molecule has 0 saturated heterocycles. The van der Waals surface area contributed by atoms with Crippen molar-refractivity contribution < 1.29 is 9.59 Å². The van der Waals surface area contributed by atoms with Crippen LogP contribution in [0.1, 0.15) is 27.7 Å². The highest BCUT2D eigenvalue weighted by molar-refractivity contribution is 5.93. The quantitative estimate of drug-likeness (QED) is 0.798. The van der Waals surface area contributed by atoms with Crippen LogP contribution in [0.3, 0.4) is 0 Å². The van der Waals surface area contributed by atoms with Gasteiger partial charge in [-0.1, -0.05) is 20.8 Å². The van der Waals surface area contributed by atoms with E-state index in [-0.39, 0.29) is 11.8 Å². The molecule has 6 heteroatoms. The highest BCUT2D eigenvalue weighted by Gasteiger charge is 2.21. The molecule has 24 heavy (non-hydrogen) atoms. The third-order valence-corrected chi connectivity index (χ3v) is 3.18. The first kappa shape index (κ1) is 17.5. The second-order valence-electron chi connectivity index (χ2n) is 6.52. The summed E-state index contributed by atoms with van der Waals surface area (Å²) in [4.78, 5) is 27.1. The highest BCUT2D eigenvalue weighted by Crippen LogP contribution is 2.20. The van der Waals surface area contributed by atoms with Gasteiger partial charge >= 0.3 is 0 Å². The van der Waals surface area contributed by atoms with Gasteiger partial charge in [0.05, 0.1) is 11.9 Å². The van der Waals surface area contributed by atoms with E-state index in [4.69, 9.17) is 0 Å². The Labute approximate surface area is 141 Å². The molecule has 0 bridgehead atoms. The van der Waals surface area contributed by atoms with Gasteiger partial charge in [0, 0.05) is 23.7 Å². The minimum absolute atomic E-state index is 0.0794. The Morgan fingerprint density at radius 1 is 0.875 bits per heavy atom. The Hall–Kier alpha value is -2.89. The Morgan fingerprint density at radius 2 is 1.46 bits per heavy atom. The van der Waals surface area contributed by atoms with Crippen LogP contribution < -0.4 is 16.0 Å². The molecule has 6 nitrogen and oxygen atoms in total. The normalized spacial score (nSPS) is 10.8. The van der Waals surface area contributed by atoms with Crippen LogP contribution in [-0.4, -0.2) is 16.8 Å². The lowest BCUT2D eigenvalue weighted by Gasteiger charge is -2.17. The number of hydrogen-bond acceptors (Lipinski definition) is 4.